The summed E-state index contributed by atoms with van der Waals surface area (Å²) >= 11 is 0. The second kappa shape index (κ2) is 8.03. The van der Waals surface area contributed by atoms with Crippen LogP contribution in [0.4, 0.5) is 0 Å². The Labute approximate surface area is 131 Å². The van der Waals surface area contributed by atoms with Gasteiger partial charge in [0.15, 0.2) is 11.5 Å². The third-order valence-electron chi connectivity index (χ3n) is 3.69. The highest BCUT2D eigenvalue weighted by molar-refractivity contribution is 5.95. The van der Waals surface area contributed by atoms with E-state index >= 15 is 0 Å². The zero-order valence-corrected chi connectivity index (χ0v) is 13.6. The molecule has 0 spiro atoms. The fraction of sp³-hybridized carbons (Fsp3) is 0.588. The topological polar surface area (TPSA) is 56.8 Å². The summed E-state index contributed by atoms with van der Waals surface area (Å²) < 4.78 is 16.7. The third kappa shape index (κ3) is 4.13. The Morgan fingerprint density at radius 1 is 1.32 bits per heavy atom. The summed E-state index contributed by atoms with van der Waals surface area (Å²) in [5.74, 6) is 1.14. The lowest BCUT2D eigenvalue weighted by atomic mass is 10.1. The predicted molar refractivity (Wildman–Crippen MR) is 84.7 cm³/mol. The van der Waals surface area contributed by atoms with Crippen molar-refractivity contribution in [3.63, 3.8) is 0 Å². The van der Waals surface area contributed by atoms with Gasteiger partial charge in [0.25, 0.3) is 5.91 Å². The van der Waals surface area contributed by atoms with Gasteiger partial charge >= 0.3 is 0 Å². The average Bonchev–Trinajstić information content (AvgIpc) is 3.04. The molecule has 22 heavy (non-hydrogen) atoms. The minimum Gasteiger partial charge on any atom is -0.490 e. The van der Waals surface area contributed by atoms with Crippen molar-refractivity contribution in [3.05, 3.63) is 23.8 Å². The van der Waals surface area contributed by atoms with Crippen LogP contribution in [0.3, 0.4) is 0 Å². The van der Waals surface area contributed by atoms with Crippen LogP contribution in [0, 0.1) is 0 Å². The lowest BCUT2D eigenvalue weighted by Gasteiger charge is -2.20. The van der Waals surface area contributed by atoms with E-state index in [1.54, 1.807) is 18.2 Å². The van der Waals surface area contributed by atoms with E-state index in [2.05, 4.69) is 5.32 Å². The fourth-order valence-electron chi connectivity index (χ4n) is 2.57. The quantitative estimate of drug-likeness (QED) is 0.841. The van der Waals surface area contributed by atoms with Crippen molar-refractivity contribution in [2.45, 2.75) is 45.8 Å². The molecule has 1 saturated heterocycles. The van der Waals surface area contributed by atoms with Gasteiger partial charge in [-0.05, 0) is 51.8 Å². The maximum absolute atomic E-state index is 12.4. The van der Waals surface area contributed by atoms with E-state index in [0.29, 0.717) is 30.3 Å². The Morgan fingerprint density at radius 2 is 2.05 bits per heavy atom. The summed E-state index contributed by atoms with van der Waals surface area (Å²) in [6.45, 7) is 7.66. The molecule has 122 valence electrons. The monoisotopic (exact) mass is 307 g/mol. The molecular weight excluding hydrogens is 282 g/mol. The molecule has 1 aliphatic heterocycles. The van der Waals surface area contributed by atoms with Crippen molar-refractivity contribution in [1.29, 1.82) is 0 Å². The van der Waals surface area contributed by atoms with Crippen LogP contribution in [-0.4, -0.2) is 37.9 Å². The lowest BCUT2D eigenvalue weighted by molar-refractivity contribution is 0.0712. The van der Waals surface area contributed by atoms with Crippen molar-refractivity contribution in [3.8, 4) is 11.5 Å². The molecular formula is C17H25NO4. The molecule has 0 aliphatic carbocycles. The zero-order valence-electron chi connectivity index (χ0n) is 13.6. The Hall–Kier alpha value is -1.75. The third-order valence-corrected chi connectivity index (χ3v) is 3.69. The van der Waals surface area contributed by atoms with Gasteiger partial charge in [-0.2, -0.15) is 0 Å². The normalized spacial score (nSPS) is 18.8. The Bertz CT molecular complexity index is 497. The first-order valence-electron chi connectivity index (χ1n) is 7.97. The maximum Gasteiger partial charge on any atom is 0.251 e. The minimum atomic E-state index is -0.119. The molecule has 1 aromatic rings. The van der Waals surface area contributed by atoms with Gasteiger partial charge in [-0.3, -0.25) is 4.79 Å². The van der Waals surface area contributed by atoms with Gasteiger partial charge in [0.05, 0.1) is 25.4 Å². The highest BCUT2D eigenvalue weighted by Gasteiger charge is 2.24. The number of hydrogen-bond donors (Lipinski definition) is 1. The molecule has 0 saturated carbocycles. The standard InChI is InChI=1S/C17H25NO4/c1-4-20-15-9-8-13(11-16(15)21-5-2)17(19)18-12(3)14-7-6-10-22-14/h8-9,11-12,14H,4-7,10H2,1-3H3,(H,18,19)/t12-,14+/m1/s1. The van der Waals surface area contributed by atoms with Crippen LogP contribution >= 0.6 is 0 Å². The number of rotatable bonds is 7. The number of amides is 1. The van der Waals surface area contributed by atoms with Crippen molar-refractivity contribution >= 4 is 5.91 Å². The molecule has 2 atom stereocenters. The first kappa shape index (κ1) is 16.6. The van der Waals surface area contributed by atoms with E-state index in [-0.39, 0.29) is 18.1 Å². The van der Waals surface area contributed by atoms with Gasteiger partial charge in [-0.25, -0.2) is 0 Å². The largest absolute Gasteiger partial charge is 0.490 e. The van der Waals surface area contributed by atoms with E-state index in [9.17, 15) is 4.79 Å². The Morgan fingerprint density at radius 3 is 2.68 bits per heavy atom. The lowest BCUT2D eigenvalue weighted by Crippen LogP contribution is -2.40. The average molecular weight is 307 g/mol. The van der Waals surface area contributed by atoms with Crippen LogP contribution in [0.5, 0.6) is 11.5 Å². The molecule has 1 fully saturated rings. The van der Waals surface area contributed by atoms with Crippen LogP contribution in [0.15, 0.2) is 18.2 Å². The Kier molecular flexibility index (Phi) is 6.07. The second-order valence-electron chi connectivity index (χ2n) is 5.34. The van der Waals surface area contributed by atoms with Crippen LogP contribution in [-0.2, 0) is 4.74 Å². The van der Waals surface area contributed by atoms with Gasteiger partial charge in [-0.1, -0.05) is 0 Å². The number of carbonyl (C=O) groups excluding carboxylic acids is 1. The molecule has 2 rings (SSSR count). The first-order valence-corrected chi connectivity index (χ1v) is 7.97. The van der Waals surface area contributed by atoms with Crippen LogP contribution in [0.2, 0.25) is 0 Å². The molecule has 1 heterocycles. The van der Waals surface area contributed by atoms with Gasteiger partial charge in [0, 0.05) is 12.2 Å². The summed E-state index contributed by atoms with van der Waals surface area (Å²) in [4.78, 5) is 12.4. The minimum absolute atomic E-state index is 0.00267. The molecule has 1 aliphatic rings. The maximum atomic E-state index is 12.4. The van der Waals surface area contributed by atoms with Gasteiger partial charge in [0.2, 0.25) is 0 Å². The fourth-order valence-corrected chi connectivity index (χ4v) is 2.57. The van der Waals surface area contributed by atoms with E-state index < -0.39 is 0 Å². The molecule has 1 N–H and O–H groups in total. The second-order valence-corrected chi connectivity index (χ2v) is 5.34. The number of nitrogens with one attached hydrogen (secondary N) is 1. The number of hydrogen-bond acceptors (Lipinski definition) is 4. The van der Waals surface area contributed by atoms with E-state index in [0.717, 1.165) is 19.4 Å². The molecule has 0 unspecified atom stereocenters. The van der Waals surface area contributed by atoms with E-state index in [4.69, 9.17) is 14.2 Å². The zero-order chi connectivity index (χ0) is 15.9. The summed E-state index contributed by atoms with van der Waals surface area (Å²) in [6, 6.07) is 5.26. The summed E-state index contributed by atoms with van der Waals surface area (Å²) in [5, 5.41) is 3.00. The number of carbonyl (C=O) groups is 1. The SMILES string of the molecule is CCOc1ccc(C(=O)N[C@H](C)[C@@H]2CCCO2)cc1OCC. The highest BCUT2D eigenvalue weighted by atomic mass is 16.5. The highest BCUT2D eigenvalue weighted by Crippen LogP contribution is 2.28. The first-order chi connectivity index (χ1) is 10.7. The van der Waals surface area contributed by atoms with Gasteiger partial charge < -0.3 is 19.5 Å². The van der Waals surface area contributed by atoms with Crippen LogP contribution in [0.1, 0.15) is 44.0 Å². The summed E-state index contributed by atoms with van der Waals surface area (Å²) in [6.07, 6.45) is 2.16. The smallest absolute Gasteiger partial charge is 0.251 e. The molecule has 5 nitrogen and oxygen atoms in total. The molecule has 0 radical (unpaired) electrons. The predicted octanol–water partition coefficient (Wildman–Crippen LogP) is 2.78. The van der Waals surface area contributed by atoms with Crippen molar-refractivity contribution in [2.24, 2.45) is 0 Å². The number of ether oxygens (including phenoxy) is 3. The number of benzene rings is 1. The molecule has 1 aromatic carbocycles. The molecule has 0 bridgehead atoms. The molecule has 0 aromatic heterocycles. The van der Waals surface area contributed by atoms with Crippen molar-refractivity contribution in [1.82, 2.24) is 5.32 Å². The van der Waals surface area contributed by atoms with Crippen LogP contribution < -0.4 is 14.8 Å². The van der Waals surface area contributed by atoms with E-state index in [1.165, 1.54) is 0 Å². The van der Waals surface area contributed by atoms with Crippen LogP contribution in [0.25, 0.3) is 0 Å². The Balaban J connectivity index is 2.06. The molecule has 5 heteroatoms. The van der Waals surface area contributed by atoms with Crippen molar-refractivity contribution in [2.75, 3.05) is 19.8 Å². The van der Waals surface area contributed by atoms with Gasteiger partial charge in [0.1, 0.15) is 0 Å². The van der Waals surface area contributed by atoms with E-state index in [1.807, 2.05) is 20.8 Å². The van der Waals surface area contributed by atoms with Crippen molar-refractivity contribution < 1.29 is 19.0 Å². The van der Waals surface area contributed by atoms with Gasteiger partial charge in [-0.15, -0.1) is 0 Å². The summed E-state index contributed by atoms with van der Waals surface area (Å²) in [5.41, 5.74) is 0.566. The molecule has 1 amide bonds. The summed E-state index contributed by atoms with van der Waals surface area (Å²) in [7, 11) is 0.